The van der Waals surface area contributed by atoms with Gasteiger partial charge in [0.2, 0.25) is 0 Å². The fourth-order valence-corrected chi connectivity index (χ4v) is 4.30. The smallest absolute Gasteiger partial charge is 0.0446 e. The number of aryl methyl sites for hydroxylation is 1. The Labute approximate surface area is 122 Å². The predicted molar refractivity (Wildman–Crippen MR) is 86.8 cm³/mol. The average molecular weight is 277 g/mol. The van der Waals surface area contributed by atoms with Gasteiger partial charge in [0.15, 0.2) is 0 Å². The lowest BCUT2D eigenvalue weighted by Gasteiger charge is -2.36. The largest absolute Gasteiger partial charge is 0.309 e. The molecule has 2 atom stereocenters. The van der Waals surface area contributed by atoms with E-state index in [-0.39, 0.29) is 0 Å². The van der Waals surface area contributed by atoms with Crippen LogP contribution < -0.4 is 5.32 Å². The van der Waals surface area contributed by atoms with Crippen molar-refractivity contribution in [2.24, 2.45) is 5.92 Å². The third-order valence-electron chi connectivity index (χ3n) is 3.98. The first-order valence-electron chi connectivity index (χ1n) is 7.64. The van der Waals surface area contributed by atoms with Crippen LogP contribution in [0.1, 0.15) is 56.8 Å². The van der Waals surface area contributed by atoms with Gasteiger partial charge in [-0.3, -0.25) is 0 Å². The van der Waals surface area contributed by atoms with E-state index in [0.717, 1.165) is 18.9 Å². The van der Waals surface area contributed by atoms with Gasteiger partial charge in [0.05, 0.1) is 0 Å². The van der Waals surface area contributed by atoms with Gasteiger partial charge in [0.25, 0.3) is 0 Å². The third-order valence-corrected chi connectivity index (χ3v) is 5.66. The Kier molecular flexibility index (Phi) is 5.35. The number of nitrogens with one attached hydrogen (secondary N) is 1. The van der Waals surface area contributed by atoms with E-state index in [0.29, 0.717) is 11.3 Å². The van der Waals surface area contributed by atoms with Crippen LogP contribution in [-0.4, -0.2) is 11.8 Å². The molecule has 0 aliphatic carbocycles. The zero-order chi connectivity index (χ0) is 13.8. The lowest BCUT2D eigenvalue weighted by atomic mass is 9.90. The summed E-state index contributed by atoms with van der Waals surface area (Å²) < 4.78 is 0. The van der Waals surface area contributed by atoms with Crippen molar-refractivity contribution in [1.29, 1.82) is 0 Å². The van der Waals surface area contributed by atoms with Crippen LogP contribution in [0.25, 0.3) is 0 Å². The van der Waals surface area contributed by atoms with Crippen LogP contribution in [0.15, 0.2) is 18.2 Å². The van der Waals surface area contributed by atoms with Crippen LogP contribution in [0.3, 0.4) is 0 Å². The molecule has 1 aromatic carbocycles. The highest BCUT2D eigenvalue weighted by atomic mass is 32.2. The van der Waals surface area contributed by atoms with E-state index in [2.05, 4.69) is 63.0 Å². The molecule has 106 valence electrons. The summed E-state index contributed by atoms with van der Waals surface area (Å²) in [5, 5.41) is 4.49. The molecule has 0 bridgehead atoms. The van der Waals surface area contributed by atoms with Gasteiger partial charge in [0, 0.05) is 17.0 Å². The van der Waals surface area contributed by atoms with E-state index in [1.807, 2.05) is 0 Å². The highest BCUT2D eigenvalue weighted by Crippen LogP contribution is 2.41. The van der Waals surface area contributed by atoms with E-state index in [9.17, 15) is 0 Å². The molecule has 19 heavy (non-hydrogen) atoms. The molecule has 1 heterocycles. The minimum Gasteiger partial charge on any atom is -0.309 e. The van der Waals surface area contributed by atoms with Crippen LogP contribution in [-0.2, 0) is 12.2 Å². The molecule has 1 aliphatic heterocycles. The van der Waals surface area contributed by atoms with Crippen molar-refractivity contribution in [3.8, 4) is 0 Å². The predicted octanol–water partition coefficient (Wildman–Crippen LogP) is 4.56. The molecule has 1 N–H and O–H groups in total. The monoisotopic (exact) mass is 277 g/mol. The number of thioether (sulfide) groups is 1. The van der Waals surface area contributed by atoms with Crippen LogP contribution >= 0.6 is 11.8 Å². The zero-order valence-corrected chi connectivity index (χ0v) is 13.5. The molecule has 0 aromatic heterocycles. The molecule has 2 heteroatoms. The lowest BCUT2D eigenvalue weighted by molar-refractivity contribution is 0.438. The summed E-state index contributed by atoms with van der Waals surface area (Å²) in [6.45, 7) is 10.3. The number of hydrogen-bond donors (Lipinski definition) is 1. The van der Waals surface area contributed by atoms with Gasteiger partial charge in [-0.15, -0.1) is 0 Å². The molecule has 1 aromatic rings. The number of fused-ring (bicyclic) bond motifs is 1. The summed E-state index contributed by atoms with van der Waals surface area (Å²) in [4.78, 5) is 0. The van der Waals surface area contributed by atoms with E-state index in [1.165, 1.54) is 23.3 Å². The minimum atomic E-state index is 0.528. The molecule has 0 fully saturated rings. The fourth-order valence-electron chi connectivity index (χ4n) is 2.85. The molecule has 0 amide bonds. The van der Waals surface area contributed by atoms with E-state index >= 15 is 0 Å². The summed E-state index contributed by atoms with van der Waals surface area (Å²) in [7, 11) is 0. The second-order valence-corrected chi connectivity index (χ2v) is 7.00. The minimum absolute atomic E-state index is 0.528. The van der Waals surface area contributed by atoms with Gasteiger partial charge in [0.1, 0.15) is 0 Å². The first-order chi connectivity index (χ1) is 9.17. The maximum atomic E-state index is 3.79. The number of rotatable bonds is 5. The van der Waals surface area contributed by atoms with Crippen LogP contribution in [0.5, 0.6) is 0 Å². The van der Waals surface area contributed by atoms with E-state index in [1.54, 1.807) is 5.56 Å². The summed E-state index contributed by atoms with van der Waals surface area (Å²) in [5.74, 6) is 1.89. The van der Waals surface area contributed by atoms with Crippen LogP contribution in [0, 0.1) is 5.92 Å². The molecule has 1 nitrogen and oxygen atoms in total. The van der Waals surface area contributed by atoms with Crippen molar-refractivity contribution < 1.29 is 0 Å². The van der Waals surface area contributed by atoms with Gasteiger partial charge in [-0.25, -0.2) is 0 Å². The van der Waals surface area contributed by atoms with Crippen molar-refractivity contribution in [3.05, 3.63) is 34.9 Å². The maximum absolute atomic E-state index is 3.79. The molecule has 0 saturated heterocycles. The molecule has 0 saturated carbocycles. The van der Waals surface area contributed by atoms with E-state index in [4.69, 9.17) is 0 Å². The Morgan fingerprint density at radius 1 is 1.32 bits per heavy atom. The standard InChI is InChI=1S/C17H27NS/c1-5-9-18-16-15-10-13(6-2)7-8-14(15)11-19-17(16)12(3)4/h7-8,10,12,16-18H,5-6,9,11H2,1-4H3. The second-order valence-electron chi connectivity index (χ2n) is 5.84. The van der Waals surface area contributed by atoms with Gasteiger partial charge < -0.3 is 5.32 Å². The Hall–Kier alpha value is -0.470. The van der Waals surface area contributed by atoms with Crippen molar-refractivity contribution >= 4 is 11.8 Å². The van der Waals surface area contributed by atoms with Crippen molar-refractivity contribution in [2.75, 3.05) is 6.54 Å². The van der Waals surface area contributed by atoms with Crippen molar-refractivity contribution in [3.63, 3.8) is 0 Å². The Balaban J connectivity index is 2.32. The van der Waals surface area contributed by atoms with Crippen LogP contribution in [0.2, 0.25) is 0 Å². The number of hydrogen-bond acceptors (Lipinski definition) is 2. The summed E-state index contributed by atoms with van der Waals surface area (Å²) in [5.41, 5.74) is 4.56. The fraction of sp³-hybridized carbons (Fsp3) is 0.647. The summed E-state index contributed by atoms with van der Waals surface area (Å²) >= 11 is 2.12. The Bertz CT molecular complexity index is 414. The Morgan fingerprint density at radius 3 is 2.74 bits per heavy atom. The summed E-state index contributed by atoms with van der Waals surface area (Å²) in [6.07, 6.45) is 2.34. The SMILES string of the molecule is CCCNC1c2cc(CC)ccc2CSC1C(C)C. The maximum Gasteiger partial charge on any atom is 0.0446 e. The molecule has 0 spiro atoms. The molecule has 0 radical (unpaired) electrons. The zero-order valence-electron chi connectivity index (χ0n) is 12.7. The van der Waals surface area contributed by atoms with Gasteiger partial charge in [-0.1, -0.05) is 45.9 Å². The van der Waals surface area contributed by atoms with Gasteiger partial charge >= 0.3 is 0 Å². The topological polar surface area (TPSA) is 12.0 Å². The lowest BCUT2D eigenvalue weighted by Crippen LogP contribution is -2.36. The molecular formula is C17H27NS. The quantitative estimate of drug-likeness (QED) is 0.846. The first kappa shape index (κ1) is 14.9. The average Bonchev–Trinajstić information content (AvgIpc) is 2.43. The first-order valence-corrected chi connectivity index (χ1v) is 8.68. The van der Waals surface area contributed by atoms with Gasteiger partial charge in [-0.2, -0.15) is 11.8 Å². The van der Waals surface area contributed by atoms with Crippen molar-refractivity contribution in [1.82, 2.24) is 5.32 Å². The number of benzene rings is 1. The third kappa shape index (κ3) is 3.35. The normalized spacial score (nSPS) is 22.6. The Morgan fingerprint density at radius 2 is 2.11 bits per heavy atom. The van der Waals surface area contributed by atoms with Gasteiger partial charge in [-0.05, 0) is 42.0 Å². The molecule has 1 aliphatic rings. The van der Waals surface area contributed by atoms with Crippen LogP contribution in [0.4, 0.5) is 0 Å². The van der Waals surface area contributed by atoms with Crippen molar-refractivity contribution in [2.45, 2.75) is 57.6 Å². The second kappa shape index (κ2) is 6.81. The summed E-state index contributed by atoms with van der Waals surface area (Å²) in [6, 6.07) is 7.61. The van der Waals surface area contributed by atoms with E-state index < -0.39 is 0 Å². The highest BCUT2D eigenvalue weighted by Gasteiger charge is 2.31. The highest BCUT2D eigenvalue weighted by molar-refractivity contribution is 7.99. The molecule has 2 unspecified atom stereocenters. The molecule has 2 rings (SSSR count). The molecular weight excluding hydrogens is 250 g/mol.